The van der Waals surface area contributed by atoms with Crippen LogP contribution in [0.1, 0.15) is 24.3 Å². The Kier molecular flexibility index (Phi) is 4.88. The minimum Gasteiger partial charge on any atom is -0.360 e. The number of nitrogens with zero attached hydrogens (tertiary/aromatic N) is 3. The van der Waals surface area contributed by atoms with Crippen molar-refractivity contribution in [1.29, 1.82) is 0 Å². The Balaban J connectivity index is 2.42. The lowest BCUT2D eigenvalue weighted by atomic mass is 10.1. The molecule has 1 heterocycles. The number of benzene rings is 1. The molecular weight excluding hydrogens is 298 g/mol. The van der Waals surface area contributed by atoms with Crippen molar-refractivity contribution in [2.24, 2.45) is 7.05 Å². The fourth-order valence-electron chi connectivity index (χ4n) is 2.29. The lowest BCUT2D eigenvalue weighted by molar-refractivity contribution is -0.417. The smallest absolute Gasteiger partial charge is 0.281 e. The zero-order valence-electron chi connectivity index (χ0n) is 13.7. The van der Waals surface area contributed by atoms with E-state index in [9.17, 15) is 15.3 Å². The summed E-state index contributed by atoms with van der Waals surface area (Å²) in [5, 5.41) is 35.0. The third-order valence-corrected chi connectivity index (χ3v) is 3.82. The Bertz CT molecular complexity index is 638. The van der Waals surface area contributed by atoms with Gasteiger partial charge in [-0.25, -0.2) is 0 Å². The fraction of sp³-hybridized carbons (Fsp3) is 0.438. The number of hydrogen-bond donors (Lipinski definition) is 3. The monoisotopic (exact) mass is 321 g/mol. The van der Waals surface area contributed by atoms with Crippen LogP contribution < -0.4 is 0 Å². The summed E-state index contributed by atoms with van der Waals surface area (Å²) in [7, 11) is 4.61. The summed E-state index contributed by atoms with van der Waals surface area (Å²) in [6.07, 6.45) is 0.887. The van der Waals surface area contributed by atoms with Gasteiger partial charge in [-0.05, 0) is 32.6 Å². The first-order chi connectivity index (χ1) is 10.7. The number of hydrogen-bond acceptors (Lipinski definition) is 6. The molecule has 2 unspecified atom stereocenters. The maximum atomic E-state index is 10.5. The van der Waals surface area contributed by atoms with E-state index in [0.29, 0.717) is 5.69 Å². The molecule has 0 spiro atoms. The van der Waals surface area contributed by atoms with Crippen LogP contribution in [0.5, 0.6) is 0 Å². The highest BCUT2D eigenvalue weighted by Crippen LogP contribution is 2.34. The van der Waals surface area contributed by atoms with E-state index < -0.39 is 17.8 Å². The highest BCUT2D eigenvalue weighted by molar-refractivity contribution is 5.26. The molecule has 3 N–H and O–H groups in total. The van der Waals surface area contributed by atoms with E-state index in [1.807, 2.05) is 30.3 Å². The highest BCUT2D eigenvalue weighted by atomic mass is 16.7. The van der Waals surface area contributed by atoms with Crippen molar-refractivity contribution in [3.8, 4) is 0 Å². The average molecular weight is 321 g/mol. The van der Waals surface area contributed by atoms with Crippen molar-refractivity contribution < 1.29 is 20.1 Å². The van der Waals surface area contributed by atoms with Crippen molar-refractivity contribution >= 4 is 0 Å². The molecular formula is C16H23N3O4. The zero-order valence-corrected chi connectivity index (χ0v) is 13.7. The molecule has 7 heteroatoms. The standard InChI is InChI=1S/C16H23N3O4/c1-15(20,16(21,22)18(2)3)23-14(12-8-6-5-7-9-12)13-10-11-17-19(13)4/h5-11,14,20-22H,1-4H3. The van der Waals surface area contributed by atoms with Crippen molar-refractivity contribution in [2.45, 2.75) is 24.7 Å². The van der Waals surface area contributed by atoms with Crippen LogP contribution in [0.25, 0.3) is 0 Å². The van der Waals surface area contributed by atoms with Crippen molar-refractivity contribution in [3.05, 3.63) is 53.9 Å². The molecule has 0 aliphatic heterocycles. The molecule has 7 nitrogen and oxygen atoms in total. The minimum absolute atomic E-state index is 0.672. The van der Waals surface area contributed by atoms with Gasteiger partial charge in [0.05, 0.1) is 5.69 Å². The quantitative estimate of drug-likeness (QED) is 0.669. The second-order valence-corrected chi connectivity index (χ2v) is 5.80. The summed E-state index contributed by atoms with van der Waals surface area (Å²) in [4.78, 5) is 1.07. The van der Waals surface area contributed by atoms with Crippen LogP contribution in [0.4, 0.5) is 0 Å². The Hall–Kier alpha value is -1.77. The van der Waals surface area contributed by atoms with Crippen LogP contribution in [0.2, 0.25) is 0 Å². The molecule has 0 saturated carbocycles. The first-order valence-electron chi connectivity index (χ1n) is 7.22. The number of aryl methyl sites for hydroxylation is 1. The van der Waals surface area contributed by atoms with E-state index >= 15 is 0 Å². The Morgan fingerprint density at radius 3 is 2.22 bits per heavy atom. The summed E-state index contributed by atoms with van der Waals surface area (Å²) in [6, 6.07) is 11.0. The predicted octanol–water partition coefficient (Wildman–Crippen LogP) is 0.435. The van der Waals surface area contributed by atoms with Gasteiger partial charge in [0.15, 0.2) is 0 Å². The molecule has 0 aliphatic carbocycles. The minimum atomic E-state index is -2.57. The summed E-state index contributed by atoms with van der Waals surface area (Å²) in [5.74, 6) is -4.82. The highest BCUT2D eigenvalue weighted by Gasteiger charge is 2.50. The Labute approximate surface area is 135 Å². The topological polar surface area (TPSA) is 91.0 Å². The first kappa shape index (κ1) is 17.6. The fourth-order valence-corrected chi connectivity index (χ4v) is 2.29. The molecule has 0 bridgehead atoms. The largest absolute Gasteiger partial charge is 0.360 e. The van der Waals surface area contributed by atoms with Crippen molar-refractivity contribution in [1.82, 2.24) is 14.7 Å². The maximum Gasteiger partial charge on any atom is 0.281 e. The summed E-state index contributed by atoms with van der Waals surface area (Å²) < 4.78 is 7.34. The van der Waals surface area contributed by atoms with Gasteiger partial charge in [0, 0.05) is 13.2 Å². The van der Waals surface area contributed by atoms with Gasteiger partial charge in [-0.1, -0.05) is 30.3 Å². The first-order valence-corrected chi connectivity index (χ1v) is 7.22. The van der Waals surface area contributed by atoms with Crippen LogP contribution in [0, 0.1) is 0 Å². The van der Waals surface area contributed by atoms with Crippen LogP contribution in [-0.2, 0) is 11.8 Å². The number of rotatable bonds is 6. The molecule has 1 aromatic carbocycles. The Morgan fingerprint density at radius 2 is 1.74 bits per heavy atom. The number of ether oxygens (including phenoxy) is 1. The van der Waals surface area contributed by atoms with Crippen molar-refractivity contribution in [2.75, 3.05) is 14.1 Å². The molecule has 0 amide bonds. The van der Waals surface area contributed by atoms with Gasteiger partial charge in [-0.15, -0.1) is 0 Å². The molecule has 2 atom stereocenters. The van der Waals surface area contributed by atoms with Crippen LogP contribution in [0.15, 0.2) is 42.6 Å². The lowest BCUT2D eigenvalue weighted by Gasteiger charge is -2.42. The normalized spacial score (nSPS) is 16.3. The van der Waals surface area contributed by atoms with Gasteiger partial charge >= 0.3 is 0 Å². The zero-order chi connectivity index (χ0) is 17.3. The third kappa shape index (κ3) is 3.44. The molecule has 2 rings (SSSR count). The maximum absolute atomic E-state index is 10.5. The van der Waals surface area contributed by atoms with Gasteiger partial charge in [0.2, 0.25) is 5.79 Å². The number of aromatic nitrogens is 2. The van der Waals surface area contributed by atoms with E-state index in [-0.39, 0.29) is 0 Å². The van der Waals surface area contributed by atoms with Crippen LogP contribution >= 0.6 is 0 Å². The molecule has 2 aromatic rings. The predicted molar refractivity (Wildman–Crippen MR) is 84.1 cm³/mol. The molecule has 126 valence electrons. The molecule has 0 aliphatic rings. The van der Waals surface area contributed by atoms with Gasteiger partial charge in [-0.3, -0.25) is 9.58 Å². The number of likely N-dealkylation sites (N-methyl/N-ethyl adjacent to an activating group) is 1. The molecule has 23 heavy (non-hydrogen) atoms. The third-order valence-electron chi connectivity index (χ3n) is 3.82. The van der Waals surface area contributed by atoms with E-state index in [1.165, 1.54) is 21.0 Å². The van der Waals surface area contributed by atoms with Crippen LogP contribution in [0.3, 0.4) is 0 Å². The van der Waals surface area contributed by atoms with E-state index in [0.717, 1.165) is 10.5 Å². The van der Waals surface area contributed by atoms with E-state index in [2.05, 4.69) is 5.10 Å². The van der Waals surface area contributed by atoms with E-state index in [4.69, 9.17) is 4.74 Å². The SMILES string of the molecule is CN(C)C(O)(O)C(C)(O)OC(c1ccccc1)c1ccnn1C. The molecule has 0 fully saturated rings. The summed E-state index contributed by atoms with van der Waals surface area (Å²) >= 11 is 0. The lowest BCUT2D eigenvalue weighted by Crippen LogP contribution is -2.62. The van der Waals surface area contributed by atoms with Gasteiger partial charge in [0.25, 0.3) is 5.91 Å². The second-order valence-electron chi connectivity index (χ2n) is 5.80. The Morgan fingerprint density at radius 1 is 1.13 bits per heavy atom. The molecule has 0 saturated heterocycles. The van der Waals surface area contributed by atoms with Crippen molar-refractivity contribution in [3.63, 3.8) is 0 Å². The van der Waals surface area contributed by atoms with Gasteiger partial charge in [0.1, 0.15) is 6.10 Å². The van der Waals surface area contributed by atoms with Gasteiger partial charge < -0.3 is 20.1 Å². The summed E-state index contributed by atoms with van der Waals surface area (Å²) in [5.41, 5.74) is 1.43. The number of aliphatic hydroxyl groups is 3. The second kappa shape index (κ2) is 6.38. The van der Waals surface area contributed by atoms with Gasteiger partial charge in [-0.2, -0.15) is 5.10 Å². The molecule has 0 radical (unpaired) electrons. The van der Waals surface area contributed by atoms with Crippen LogP contribution in [-0.4, -0.2) is 55.8 Å². The molecule has 1 aromatic heterocycles. The summed E-state index contributed by atoms with van der Waals surface area (Å²) in [6.45, 7) is 1.21. The van der Waals surface area contributed by atoms with E-state index in [1.54, 1.807) is 24.0 Å². The average Bonchev–Trinajstić information content (AvgIpc) is 2.91.